The summed E-state index contributed by atoms with van der Waals surface area (Å²) in [5, 5.41) is 0. The van der Waals surface area contributed by atoms with E-state index in [1.165, 1.54) is 19.3 Å². The zero-order valence-corrected chi connectivity index (χ0v) is 11.0. The lowest BCUT2D eigenvalue weighted by atomic mass is 9.82. The molecule has 0 bridgehead atoms. The van der Waals surface area contributed by atoms with Crippen LogP contribution in [0, 0.1) is 5.92 Å². The Labute approximate surface area is 108 Å². The molecule has 4 nitrogen and oxygen atoms in total. The van der Waals surface area contributed by atoms with E-state index in [1.807, 2.05) is 4.90 Å². The predicted octanol–water partition coefficient (Wildman–Crippen LogP) is 0.607. The van der Waals surface area contributed by atoms with Crippen molar-refractivity contribution >= 4 is 23.1 Å². The normalized spacial score (nSPS) is 22.2. The van der Waals surface area contributed by atoms with Crippen molar-refractivity contribution in [1.29, 1.82) is 0 Å². The minimum absolute atomic E-state index is 0.338. The van der Waals surface area contributed by atoms with Crippen molar-refractivity contribution in [3.8, 4) is 0 Å². The summed E-state index contributed by atoms with van der Waals surface area (Å²) in [5.74, 6) is 1.00. The second kappa shape index (κ2) is 5.78. The molecule has 1 amide bonds. The van der Waals surface area contributed by atoms with Crippen molar-refractivity contribution < 1.29 is 4.79 Å². The van der Waals surface area contributed by atoms with E-state index < -0.39 is 0 Å². The summed E-state index contributed by atoms with van der Waals surface area (Å²) in [6.07, 6.45) is 4.55. The van der Waals surface area contributed by atoms with Crippen molar-refractivity contribution in [2.45, 2.75) is 25.7 Å². The van der Waals surface area contributed by atoms with E-state index >= 15 is 0 Å². The molecule has 0 aromatic rings. The average molecular weight is 255 g/mol. The molecule has 0 radical (unpaired) electrons. The fraction of sp³-hybridized carbons (Fsp3) is 0.833. The number of rotatable bonds is 4. The fourth-order valence-electron chi connectivity index (χ4n) is 2.45. The van der Waals surface area contributed by atoms with Crippen LogP contribution in [0.2, 0.25) is 0 Å². The first-order chi connectivity index (χ1) is 8.15. The maximum atomic E-state index is 12.0. The first-order valence-electron chi connectivity index (χ1n) is 6.43. The first kappa shape index (κ1) is 12.8. The van der Waals surface area contributed by atoms with Crippen LogP contribution in [0.15, 0.2) is 0 Å². The van der Waals surface area contributed by atoms with Gasteiger partial charge in [-0.2, -0.15) is 0 Å². The lowest BCUT2D eigenvalue weighted by Crippen LogP contribution is -2.50. The minimum atomic E-state index is 0.338. The molecule has 0 spiro atoms. The van der Waals surface area contributed by atoms with E-state index in [2.05, 4.69) is 4.90 Å². The van der Waals surface area contributed by atoms with Gasteiger partial charge in [0.2, 0.25) is 5.91 Å². The third-order valence-electron chi connectivity index (χ3n) is 3.79. The summed E-state index contributed by atoms with van der Waals surface area (Å²) >= 11 is 4.89. The third kappa shape index (κ3) is 3.64. The van der Waals surface area contributed by atoms with E-state index in [4.69, 9.17) is 18.0 Å². The zero-order valence-electron chi connectivity index (χ0n) is 10.2. The standard InChI is InChI=1S/C12H21N3OS/c13-11(17)9-14-4-6-15(7-5-14)12(16)8-10-2-1-3-10/h10H,1-9H2,(H2,13,17). The molecule has 96 valence electrons. The molecule has 5 heteroatoms. The monoisotopic (exact) mass is 255 g/mol. The molecule has 1 saturated carbocycles. The van der Waals surface area contributed by atoms with Gasteiger partial charge in [-0.1, -0.05) is 18.6 Å². The summed E-state index contributed by atoms with van der Waals surface area (Å²) in [7, 11) is 0. The molecular formula is C12H21N3OS. The Morgan fingerprint density at radius 3 is 2.35 bits per heavy atom. The maximum absolute atomic E-state index is 12.0. The highest BCUT2D eigenvalue weighted by atomic mass is 32.1. The average Bonchev–Trinajstić information content (AvgIpc) is 2.23. The molecule has 0 atom stereocenters. The van der Waals surface area contributed by atoms with Gasteiger partial charge < -0.3 is 10.6 Å². The Hall–Kier alpha value is -0.680. The molecule has 1 aliphatic carbocycles. The second-order valence-electron chi connectivity index (χ2n) is 5.12. The summed E-state index contributed by atoms with van der Waals surface area (Å²) < 4.78 is 0. The van der Waals surface area contributed by atoms with Gasteiger partial charge in [0.05, 0.1) is 4.99 Å². The summed E-state index contributed by atoms with van der Waals surface area (Å²) in [6.45, 7) is 4.13. The number of hydrogen-bond donors (Lipinski definition) is 1. The Bertz CT molecular complexity index is 296. The molecule has 2 aliphatic rings. The molecule has 2 fully saturated rings. The van der Waals surface area contributed by atoms with Crippen molar-refractivity contribution in [1.82, 2.24) is 9.80 Å². The molecule has 1 heterocycles. The highest BCUT2D eigenvalue weighted by Gasteiger charge is 2.26. The Morgan fingerprint density at radius 2 is 1.88 bits per heavy atom. The van der Waals surface area contributed by atoms with Crippen molar-refractivity contribution in [3.63, 3.8) is 0 Å². The number of carbonyl (C=O) groups is 1. The SMILES string of the molecule is NC(=S)CN1CCN(C(=O)CC2CCC2)CC1. The van der Waals surface area contributed by atoms with Gasteiger partial charge in [-0.15, -0.1) is 0 Å². The highest BCUT2D eigenvalue weighted by Crippen LogP contribution is 2.29. The van der Waals surface area contributed by atoms with E-state index in [9.17, 15) is 4.79 Å². The molecule has 1 aliphatic heterocycles. The lowest BCUT2D eigenvalue weighted by Gasteiger charge is -2.36. The Balaban J connectivity index is 1.70. The maximum Gasteiger partial charge on any atom is 0.222 e. The Kier molecular flexibility index (Phi) is 4.34. The summed E-state index contributed by atoms with van der Waals surface area (Å²) in [6, 6.07) is 0. The van der Waals surface area contributed by atoms with Crippen LogP contribution < -0.4 is 5.73 Å². The van der Waals surface area contributed by atoms with Crippen LogP contribution in [-0.2, 0) is 4.79 Å². The van der Waals surface area contributed by atoms with Crippen LogP contribution in [0.1, 0.15) is 25.7 Å². The fourth-order valence-corrected chi connectivity index (χ4v) is 2.63. The predicted molar refractivity (Wildman–Crippen MR) is 71.8 cm³/mol. The number of nitrogens with zero attached hydrogens (tertiary/aromatic N) is 2. The summed E-state index contributed by atoms with van der Waals surface area (Å²) in [5.41, 5.74) is 5.52. The first-order valence-corrected chi connectivity index (χ1v) is 6.84. The summed E-state index contributed by atoms with van der Waals surface area (Å²) in [4.78, 5) is 16.7. The smallest absolute Gasteiger partial charge is 0.222 e. The molecule has 17 heavy (non-hydrogen) atoms. The molecule has 0 aromatic heterocycles. The quantitative estimate of drug-likeness (QED) is 0.748. The van der Waals surface area contributed by atoms with E-state index in [1.54, 1.807) is 0 Å². The van der Waals surface area contributed by atoms with E-state index in [-0.39, 0.29) is 0 Å². The number of carbonyl (C=O) groups excluding carboxylic acids is 1. The molecule has 2 N–H and O–H groups in total. The minimum Gasteiger partial charge on any atom is -0.392 e. The van der Waals surface area contributed by atoms with E-state index in [0.29, 0.717) is 23.4 Å². The van der Waals surface area contributed by atoms with Gasteiger partial charge in [-0.25, -0.2) is 0 Å². The largest absolute Gasteiger partial charge is 0.392 e. The number of hydrogen-bond acceptors (Lipinski definition) is 3. The van der Waals surface area contributed by atoms with Gasteiger partial charge in [0.1, 0.15) is 0 Å². The number of amides is 1. The number of nitrogens with two attached hydrogens (primary N) is 1. The van der Waals surface area contributed by atoms with Gasteiger partial charge in [-0.05, 0) is 18.8 Å². The molecular weight excluding hydrogens is 234 g/mol. The zero-order chi connectivity index (χ0) is 12.3. The second-order valence-corrected chi connectivity index (χ2v) is 5.65. The van der Waals surface area contributed by atoms with Crippen LogP contribution in [0.25, 0.3) is 0 Å². The van der Waals surface area contributed by atoms with Crippen molar-refractivity contribution in [3.05, 3.63) is 0 Å². The topological polar surface area (TPSA) is 49.6 Å². The van der Waals surface area contributed by atoms with Crippen LogP contribution in [-0.4, -0.2) is 53.4 Å². The van der Waals surface area contributed by atoms with Crippen LogP contribution in [0.5, 0.6) is 0 Å². The van der Waals surface area contributed by atoms with Crippen LogP contribution in [0.3, 0.4) is 0 Å². The highest BCUT2D eigenvalue weighted by molar-refractivity contribution is 7.80. The van der Waals surface area contributed by atoms with Crippen molar-refractivity contribution in [2.24, 2.45) is 11.7 Å². The third-order valence-corrected chi connectivity index (χ3v) is 3.92. The number of piperazine rings is 1. The molecule has 0 unspecified atom stereocenters. The van der Waals surface area contributed by atoms with Gasteiger partial charge in [0.25, 0.3) is 0 Å². The molecule has 2 rings (SSSR count). The van der Waals surface area contributed by atoms with Gasteiger partial charge in [0.15, 0.2) is 0 Å². The van der Waals surface area contributed by atoms with Gasteiger partial charge >= 0.3 is 0 Å². The van der Waals surface area contributed by atoms with E-state index in [0.717, 1.165) is 32.6 Å². The Morgan fingerprint density at radius 1 is 1.24 bits per heavy atom. The van der Waals surface area contributed by atoms with Gasteiger partial charge in [-0.3, -0.25) is 9.69 Å². The van der Waals surface area contributed by atoms with Gasteiger partial charge in [0, 0.05) is 39.1 Å². The lowest BCUT2D eigenvalue weighted by molar-refractivity contribution is -0.134. The molecule has 0 aromatic carbocycles. The molecule has 1 saturated heterocycles. The van der Waals surface area contributed by atoms with Crippen LogP contribution in [0.4, 0.5) is 0 Å². The number of thiocarbonyl (C=S) groups is 1. The van der Waals surface area contributed by atoms with Crippen LogP contribution >= 0.6 is 12.2 Å². The van der Waals surface area contributed by atoms with Crippen molar-refractivity contribution in [2.75, 3.05) is 32.7 Å².